The fourth-order valence-corrected chi connectivity index (χ4v) is 3.26. The summed E-state index contributed by atoms with van der Waals surface area (Å²) in [6.45, 7) is 1.93. The third-order valence-corrected chi connectivity index (χ3v) is 4.67. The van der Waals surface area contributed by atoms with Gasteiger partial charge < -0.3 is 24.4 Å². The van der Waals surface area contributed by atoms with E-state index in [-0.39, 0.29) is 18.4 Å². The van der Waals surface area contributed by atoms with E-state index in [0.717, 1.165) is 50.0 Å². The van der Waals surface area contributed by atoms with E-state index in [4.69, 9.17) is 14.6 Å². The predicted molar refractivity (Wildman–Crippen MR) is 117 cm³/mol. The minimum absolute atomic E-state index is 0.0439. The van der Waals surface area contributed by atoms with Gasteiger partial charge in [-0.15, -0.1) is 0 Å². The number of carbonyl (C=O) groups is 2. The highest BCUT2D eigenvalue weighted by Crippen LogP contribution is 2.12. The Labute approximate surface area is 180 Å². The molecule has 1 aromatic rings. The Morgan fingerprint density at radius 3 is 2.27 bits per heavy atom. The van der Waals surface area contributed by atoms with Crippen LogP contribution in [0.15, 0.2) is 24.3 Å². The van der Waals surface area contributed by atoms with Gasteiger partial charge in [-0.1, -0.05) is 31.4 Å². The van der Waals surface area contributed by atoms with Crippen LogP contribution in [0.5, 0.6) is 5.75 Å². The lowest BCUT2D eigenvalue weighted by atomic mass is 10.1. The second-order valence-electron chi connectivity index (χ2n) is 8.75. The van der Waals surface area contributed by atoms with E-state index in [1.54, 1.807) is 7.11 Å². The number of carboxylic acids is 1. The fourth-order valence-electron chi connectivity index (χ4n) is 3.26. The van der Waals surface area contributed by atoms with Gasteiger partial charge in [-0.05, 0) is 30.5 Å². The standard InChI is InChI=1S/C23H38N2O5/c1-25(2,3)17-20(16-23(27)28)24-22(26)10-8-6-5-7-9-15-30-18-19-11-13-21(29-4)14-12-19/h11-14,20H,5-10,15-18H2,1-4H3,(H-,24,26,27,28)/p+1/t20-/m1/s1. The Morgan fingerprint density at radius 2 is 1.67 bits per heavy atom. The van der Waals surface area contributed by atoms with E-state index < -0.39 is 5.97 Å². The van der Waals surface area contributed by atoms with Gasteiger partial charge in [0.2, 0.25) is 5.91 Å². The summed E-state index contributed by atoms with van der Waals surface area (Å²) in [5, 5.41) is 11.9. The summed E-state index contributed by atoms with van der Waals surface area (Å²) in [6, 6.07) is 7.54. The van der Waals surface area contributed by atoms with Gasteiger partial charge in [-0.25, -0.2) is 0 Å². The lowest BCUT2D eigenvalue weighted by Gasteiger charge is -2.29. The SMILES string of the molecule is COc1ccc(COCCCCCCCC(=O)N[C@H](CC(=O)O)C[N+](C)(C)C)cc1. The van der Waals surface area contributed by atoms with Gasteiger partial charge in [0.15, 0.2) is 0 Å². The minimum atomic E-state index is -0.886. The van der Waals surface area contributed by atoms with Crippen molar-refractivity contribution < 1.29 is 28.7 Å². The van der Waals surface area contributed by atoms with Crippen molar-refractivity contribution in [3.8, 4) is 5.75 Å². The summed E-state index contributed by atoms with van der Waals surface area (Å²) in [7, 11) is 7.62. The van der Waals surface area contributed by atoms with Gasteiger partial charge in [-0.3, -0.25) is 9.59 Å². The number of methoxy groups -OCH3 is 1. The first-order valence-corrected chi connectivity index (χ1v) is 10.7. The average molecular weight is 424 g/mol. The molecule has 0 aliphatic rings. The quantitative estimate of drug-likeness (QED) is 0.315. The molecule has 0 saturated heterocycles. The molecule has 0 aliphatic heterocycles. The molecule has 0 bridgehead atoms. The summed E-state index contributed by atoms with van der Waals surface area (Å²) < 4.78 is 11.4. The monoisotopic (exact) mass is 423 g/mol. The molecule has 30 heavy (non-hydrogen) atoms. The zero-order valence-corrected chi connectivity index (χ0v) is 19.0. The first-order chi connectivity index (χ1) is 14.2. The summed E-state index contributed by atoms with van der Waals surface area (Å²) >= 11 is 0. The number of quaternary nitrogens is 1. The topological polar surface area (TPSA) is 84.9 Å². The van der Waals surface area contributed by atoms with Gasteiger partial charge >= 0.3 is 5.97 Å². The molecule has 1 atom stereocenters. The van der Waals surface area contributed by atoms with Crippen molar-refractivity contribution in [1.82, 2.24) is 5.32 Å². The van der Waals surface area contributed by atoms with Crippen LogP contribution in [0.1, 0.15) is 50.5 Å². The molecule has 2 N–H and O–H groups in total. The Kier molecular flexibility index (Phi) is 12.1. The van der Waals surface area contributed by atoms with Crippen LogP contribution in [-0.2, 0) is 20.9 Å². The Hall–Kier alpha value is -2.12. The molecule has 0 heterocycles. The van der Waals surface area contributed by atoms with Crippen LogP contribution in [0.3, 0.4) is 0 Å². The predicted octanol–water partition coefficient (Wildman–Crippen LogP) is 3.22. The number of nitrogens with zero attached hydrogens (tertiary/aromatic N) is 1. The number of benzene rings is 1. The zero-order chi connectivity index (χ0) is 22.4. The highest BCUT2D eigenvalue weighted by atomic mass is 16.5. The highest BCUT2D eigenvalue weighted by Gasteiger charge is 2.22. The van der Waals surface area contributed by atoms with Crippen molar-refractivity contribution in [2.24, 2.45) is 0 Å². The van der Waals surface area contributed by atoms with Crippen LogP contribution in [0.25, 0.3) is 0 Å². The van der Waals surface area contributed by atoms with Crippen LogP contribution in [0.2, 0.25) is 0 Å². The van der Waals surface area contributed by atoms with Crippen LogP contribution in [0, 0.1) is 0 Å². The number of hydrogen-bond acceptors (Lipinski definition) is 4. The Balaban J connectivity index is 2.07. The maximum Gasteiger partial charge on any atom is 0.305 e. The van der Waals surface area contributed by atoms with Crippen LogP contribution in [0.4, 0.5) is 0 Å². The number of ether oxygens (including phenoxy) is 2. The molecule has 7 heteroatoms. The second kappa shape index (κ2) is 14.0. The Bertz CT molecular complexity index is 625. The summed E-state index contributed by atoms with van der Waals surface area (Å²) in [6.07, 6.45) is 5.36. The fraction of sp³-hybridized carbons (Fsp3) is 0.652. The van der Waals surface area contributed by atoms with Gasteiger partial charge in [0.05, 0.1) is 53.9 Å². The number of aliphatic carboxylic acids is 1. The molecule has 0 saturated carbocycles. The summed E-state index contributed by atoms with van der Waals surface area (Å²) in [4.78, 5) is 23.1. The molecule has 0 unspecified atom stereocenters. The van der Waals surface area contributed by atoms with Gasteiger partial charge in [0.25, 0.3) is 0 Å². The Morgan fingerprint density at radius 1 is 1.03 bits per heavy atom. The van der Waals surface area contributed by atoms with Crippen LogP contribution in [-0.4, -0.2) is 68.9 Å². The van der Waals surface area contributed by atoms with Crippen LogP contribution >= 0.6 is 0 Å². The molecule has 0 fully saturated rings. The molecule has 0 radical (unpaired) electrons. The normalized spacial score (nSPS) is 12.4. The van der Waals surface area contributed by atoms with Crippen molar-refractivity contribution >= 4 is 11.9 Å². The molecular weight excluding hydrogens is 384 g/mol. The maximum atomic E-state index is 12.1. The molecule has 1 rings (SSSR count). The molecule has 7 nitrogen and oxygen atoms in total. The van der Waals surface area contributed by atoms with Gasteiger partial charge in [-0.2, -0.15) is 0 Å². The zero-order valence-electron chi connectivity index (χ0n) is 19.0. The average Bonchev–Trinajstić information content (AvgIpc) is 2.65. The molecule has 0 aromatic heterocycles. The van der Waals surface area contributed by atoms with Gasteiger partial charge in [0.1, 0.15) is 5.75 Å². The third kappa shape index (κ3) is 13.2. The molecule has 1 aromatic carbocycles. The molecular formula is C23H39N2O5+. The number of carbonyl (C=O) groups excluding carboxylic acids is 1. The smallest absolute Gasteiger partial charge is 0.305 e. The van der Waals surface area contributed by atoms with E-state index >= 15 is 0 Å². The van der Waals surface area contributed by atoms with Crippen molar-refractivity contribution in [1.29, 1.82) is 0 Å². The summed E-state index contributed by atoms with van der Waals surface area (Å²) in [5.41, 5.74) is 1.13. The lowest BCUT2D eigenvalue weighted by Crippen LogP contribution is -2.49. The number of nitrogens with one attached hydrogen (secondary N) is 1. The highest BCUT2D eigenvalue weighted by molar-refractivity contribution is 5.77. The van der Waals surface area contributed by atoms with Gasteiger partial charge in [0, 0.05) is 13.0 Å². The molecule has 0 spiro atoms. The van der Waals surface area contributed by atoms with E-state index in [2.05, 4.69) is 5.32 Å². The van der Waals surface area contributed by atoms with Crippen molar-refractivity contribution in [3.05, 3.63) is 29.8 Å². The van der Waals surface area contributed by atoms with Crippen molar-refractivity contribution in [2.45, 2.75) is 57.6 Å². The third-order valence-electron chi connectivity index (χ3n) is 4.67. The maximum absolute atomic E-state index is 12.1. The van der Waals surface area contributed by atoms with E-state index in [1.807, 2.05) is 45.4 Å². The van der Waals surface area contributed by atoms with E-state index in [9.17, 15) is 9.59 Å². The van der Waals surface area contributed by atoms with Crippen molar-refractivity contribution in [3.63, 3.8) is 0 Å². The first kappa shape index (κ1) is 25.9. The number of hydrogen-bond donors (Lipinski definition) is 2. The molecule has 170 valence electrons. The minimum Gasteiger partial charge on any atom is -0.497 e. The summed E-state index contributed by atoms with van der Waals surface area (Å²) in [5.74, 6) is -0.0984. The molecule has 1 amide bonds. The number of likely N-dealkylation sites (N-methyl/N-ethyl adjacent to an activating group) is 1. The number of unbranched alkanes of at least 4 members (excludes halogenated alkanes) is 4. The number of rotatable bonds is 16. The first-order valence-electron chi connectivity index (χ1n) is 10.7. The molecule has 0 aliphatic carbocycles. The largest absolute Gasteiger partial charge is 0.497 e. The second-order valence-corrected chi connectivity index (χ2v) is 8.75. The lowest BCUT2D eigenvalue weighted by molar-refractivity contribution is -0.871. The van der Waals surface area contributed by atoms with Crippen molar-refractivity contribution in [2.75, 3.05) is 41.4 Å². The number of carboxylic acid groups (broad SMARTS) is 1. The van der Waals surface area contributed by atoms with E-state index in [0.29, 0.717) is 24.1 Å². The van der Waals surface area contributed by atoms with Crippen LogP contribution < -0.4 is 10.1 Å². The number of amides is 1. The van der Waals surface area contributed by atoms with E-state index in [1.165, 1.54) is 0 Å².